The highest BCUT2D eigenvalue weighted by Gasteiger charge is 2.21. The molecule has 0 radical (unpaired) electrons. The van der Waals surface area contributed by atoms with E-state index in [0.29, 0.717) is 5.41 Å². The van der Waals surface area contributed by atoms with E-state index >= 15 is 0 Å². The van der Waals surface area contributed by atoms with Gasteiger partial charge in [-0.25, -0.2) is 0 Å². The minimum atomic E-state index is 0.489. The fraction of sp³-hybridized carbons (Fsp3) is 1.00. The van der Waals surface area contributed by atoms with Gasteiger partial charge >= 0.3 is 0 Å². The summed E-state index contributed by atoms with van der Waals surface area (Å²) in [5.41, 5.74) is 0.489. The van der Waals surface area contributed by atoms with Crippen molar-refractivity contribution < 1.29 is 0 Å². The second-order valence-electron chi connectivity index (χ2n) is 5.19. The van der Waals surface area contributed by atoms with Gasteiger partial charge in [0.2, 0.25) is 0 Å². The summed E-state index contributed by atoms with van der Waals surface area (Å²) in [7, 11) is 0. The summed E-state index contributed by atoms with van der Waals surface area (Å²) < 4.78 is 0. The van der Waals surface area contributed by atoms with Crippen LogP contribution in [0.4, 0.5) is 0 Å². The summed E-state index contributed by atoms with van der Waals surface area (Å²) in [6.45, 7) is 14.0. The summed E-state index contributed by atoms with van der Waals surface area (Å²) in [4.78, 5) is 0. The first-order valence-electron chi connectivity index (χ1n) is 5.41. The van der Waals surface area contributed by atoms with Gasteiger partial charge in [0.25, 0.3) is 0 Å². The molecule has 0 rings (SSSR count). The molecule has 0 aliphatic rings. The Hall–Kier alpha value is 0. The van der Waals surface area contributed by atoms with Crippen molar-refractivity contribution >= 4 is 0 Å². The van der Waals surface area contributed by atoms with E-state index in [1.54, 1.807) is 0 Å². The van der Waals surface area contributed by atoms with Gasteiger partial charge in [-0.3, -0.25) is 0 Å². The lowest BCUT2D eigenvalue weighted by molar-refractivity contribution is 0.209. The molecule has 0 aliphatic heterocycles. The molecule has 0 aliphatic carbocycles. The lowest BCUT2D eigenvalue weighted by atomic mass is 9.76. The fourth-order valence-electron chi connectivity index (χ4n) is 1.48. The fourth-order valence-corrected chi connectivity index (χ4v) is 1.48. The van der Waals surface area contributed by atoms with E-state index in [0.717, 1.165) is 11.8 Å². The standard InChI is InChI=1S/C12H26/c1-7-11(8-2)9-10(3)12(4,5)6/h10-11H,7-9H2,1-6H3. The van der Waals surface area contributed by atoms with Gasteiger partial charge in [0.15, 0.2) is 0 Å². The molecule has 0 heterocycles. The molecular weight excluding hydrogens is 144 g/mol. The first-order chi connectivity index (χ1) is 5.41. The van der Waals surface area contributed by atoms with Crippen molar-refractivity contribution in [2.24, 2.45) is 17.3 Å². The maximum Gasteiger partial charge on any atom is -0.0357 e. The van der Waals surface area contributed by atoms with Crippen molar-refractivity contribution in [3.05, 3.63) is 0 Å². The van der Waals surface area contributed by atoms with E-state index in [2.05, 4.69) is 41.5 Å². The van der Waals surface area contributed by atoms with E-state index in [-0.39, 0.29) is 0 Å². The Bertz CT molecular complexity index is 104. The third-order valence-electron chi connectivity index (χ3n) is 3.32. The third-order valence-corrected chi connectivity index (χ3v) is 3.32. The normalized spacial score (nSPS) is 15.2. The van der Waals surface area contributed by atoms with Crippen LogP contribution in [0.2, 0.25) is 0 Å². The van der Waals surface area contributed by atoms with Gasteiger partial charge in [-0.1, -0.05) is 54.4 Å². The van der Waals surface area contributed by atoms with Crippen molar-refractivity contribution in [3.8, 4) is 0 Å². The molecule has 0 amide bonds. The largest absolute Gasteiger partial charge is 0.0651 e. The Morgan fingerprint density at radius 3 is 1.67 bits per heavy atom. The van der Waals surface area contributed by atoms with Crippen LogP contribution in [0.1, 0.15) is 60.8 Å². The van der Waals surface area contributed by atoms with Gasteiger partial charge in [0.05, 0.1) is 0 Å². The zero-order valence-corrected chi connectivity index (χ0v) is 9.78. The average molecular weight is 170 g/mol. The Morgan fingerprint density at radius 1 is 1.00 bits per heavy atom. The maximum atomic E-state index is 2.39. The van der Waals surface area contributed by atoms with Crippen molar-refractivity contribution in [1.29, 1.82) is 0 Å². The van der Waals surface area contributed by atoms with Crippen LogP contribution < -0.4 is 0 Å². The lowest BCUT2D eigenvalue weighted by Gasteiger charge is -2.30. The SMILES string of the molecule is CCC(CC)CC(C)C(C)(C)C. The topological polar surface area (TPSA) is 0 Å². The molecule has 12 heavy (non-hydrogen) atoms. The maximum absolute atomic E-state index is 2.39. The third kappa shape index (κ3) is 4.13. The molecule has 0 fully saturated rings. The van der Waals surface area contributed by atoms with Gasteiger partial charge in [-0.15, -0.1) is 0 Å². The summed E-state index contributed by atoms with van der Waals surface area (Å²) in [5, 5.41) is 0. The van der Waals surface area contributed by atoms with Crippen LogP contribution in [-0.2, 0) is 0 Å². The quantitative estimate of drug-likeness (QED) is 0.583. The summed E-state index contributed by atoms with van der Waals surface area (Å²) in [6, 6.07) is 0. The van der Waals surface area contributed by atoms with Gasteiger partial charge in [0, 0.05) is 0 Å². The highest BCUT2D eigenvalue weighted by atomic mass is 14.3. The molecule has 0 aromatic heterocycles. The minimum Gasteiger partial charge on any atom is -0.0651 e. The molecule has 1 atom stereocenters. The predicted molar refractivity (Wildman–Crippen MR) is 57.3 cm³/mol. The monoisotopic (exact) mass is 170 g/mol. The highest BCUT2D eigenvalue weighted by Crippen LogP contribution is 2.32. The Balaban J connectivity index is 3.90. The molecule has 0 nitrogen and oxygen atoms in total. The lowest BCUT2D eigenvalue weighted by Crippen LogP contribution is -2.20. The second kappa shape index (κ2) is 4.89. The highest BCUT2D eigenvalue weighted by molar-refractivity contribution is 4.72. The predicted octanol–water partition coefficient (Wildman–Crippen LogP) is 4.49. The van der Waals surface area contributed by atoms with Crippen LogP contribution in [0.5, 0.6) is 0 Å². The molecule has 0 saturated carbocycles. The van der Waals surface area contributed by atoms with Gasteiger partial charge < -0.3 is 0 Å². The molecular formula is C12H26. The van der Waals surface area contributed by atoms with Crippen molar-refractivity contribution in [3.63, 3.8) is 0 Å². The van der Waals surface area contributed by atoms with Crippen LogP contribution in [0.3, 0.4) is 0 Å². The molecule has 1 unspecified atom stereocenters. The molecule has 0 N–H and O–H groups in total. The summed E-state index contributed by atoms with van der Waals surface area (Å²) in [5.74, 6) is 1.79. The first kappa shape index (κ1) is 12.0. The smallest absolute Gasteiger partial charge is 0.0357 e. The van der Waals surface area contributed by atoms with E-state index in [1.165, 1.54) is 19.3 Å². The molecule has 0 aromatic carbocycles. The molecule has 74 valence electrons. The molecule has 0 spiro atoms. The number of hydrogen-bond donors (Lipinski definition) is 0. The Morgan fingerprint density at radius 2 is 1.42 bits per heavy atom. The van der Waals surface area contributed by atoms with Gasteiger partial charge in [-0.05, 0) is 23.7 Å². The van der Waals surface area contributed by atoms with Gasteiger partial charge in [-0.2, -0.15) is 0 Å². The van der Waals surface area contributed by atoms with E-state index in [4.69, 9.17) is 0 Å². The second-order valence-corrected chi connectivity index (χ2v) is 5.19. The van der Waals surface area contributed by atoms with Crippen LogP contribution in [-0.4, -0.2) is 0 Å². The Kier molecular flexibility index (Phi) is 4.89. The molecule has 0 heteroatoms. The molecule has 0 bridgehead atoms. The first-order valence-corrected chi connectivity index (χ1v) is 5.41. The zero-order chi connectivity index (χ0) is 9.78. The van der Waals surface area contributed by atoms with Gasteiger partial charge in [0.1, 0.15) is 0 Å². The van der Waals surface area contributed by atoms with Crippen LogP contribution in [0.25, 0.3) is 0 Å². The minimum absolute atomic E-state index is 0.489. The number of rotatable bonds is 4. The zero-order valence-electron chi connectivity index (χ0n) is 9.78. The Labute approximate surface area is 78.8 Å². The average Bonchev–Trinajstić information content (AvgIpc) is 1.97. The molecule has 0 saturated heterocycles. The van der Waals surface area contributed by atoms with Crippen LogP contribution in [0, 0.1) is 17.3 Å². The summed E-state index contributed by atoms with van der Waals surface area (Å²) in [6.07, 6.45) is 4.09. The van der Waals surface area contributed by atoms with E-state index in [9.17, 15) is 0 Å². The van der Waals surface area contributed by atoms with Crippen molar-refractivity contribution in [2.75, 3.05) is 0 Å². The van der Waals surface area contributed by atoms with Crippen LogP contribution >= 0.6 is 0 Å². The number of hydrogen-bond acceptors (Lipinski definition) is 0. The van der Waals surface area contributed by atoms with E-state index in [1.807, 2.05) is 0 Å². The summed E-state index contributed by atoms with van der Waals surface area (Å²) >= 11 is 0. The van der Waals surface area contributed by atoms with Crippen molar-refractivity contribution in [1.82, 2.24) is 0 Å². The van der Waals surface area contributed by atoms with Crippen molar-refractivity contribution in [2.45, 2.75) is 60.8 Å². The van der Waals surface area contributed by atoms with Crippen LogP contribution in [0.15, 0.2) is 0 Å². The molecule has 0 aromatic rings. The van der Waals surface area contributed by atoms with E-state index < -0.39 is 0 Å².